The van der Waals surface area contributed by atoms with E-state index in [0.29, 0.717) is 26.4 Å². The number of hydrogen-bond acceptors (Lipinski definition) is 5. The molecular weight excluding hydrogens is 486 g/mol. The summed E-state index contributed by atoms with van der Waals surface area (Å²) in [7, 11) is 0.500. The molecule has 0 bridgehead atoms. The number of aliphatic carboxylic acids is 1. The number of aliphatic hydroxyl groups excluding tert-OH is 1. The third kappa shape index (κ3) is 5.35. The molecule has 3 fully saturated rings. The number of allylic oxidation sites excluding steroid dienone is 4. The number of aliphatic hydroxyl groups is 1. The van der Waals surface area contributed by atoms with Gasteiger partial charge < -0.3 is 10.2 Å². The lowest BCUT2D eigenvalue weighted by atomic mass is 9.45. The largest absolute Gasteiger partial charge is 0.481 e. The minimum absolute atomic E-state index is 0.0754. The topological polar surface area (TPSA) is 91.7 Å². The summed E-state index contributed by atoms with van der Waals surface area (Å²) in [6.07, 6.45) is 8.03. The molecule has 3 saturated carbocycles. The van der Waals surface area contributed by atoms with E-state index in [4.69, 9.17) is 5.11 Å². The summed E-state index contributed by atoms with van der Waals surface area (Å²) in [6.45, 7) is 11.6. The molecule has 4 aliphatic carbocycles. The number of fused-ring (bicyclic) bond motifs is 5. The first-order valence-corrected chi connectivity index (χ1v) is 14.1. The van der Waals surface area contributed by atoms with Crippen LogP contribution < -0.4 is 0 Å². The highest BCUT2D eigenvalue weighted by Gasteiger charge is 2.71. The fourth-order valence-electron chi connectivity index (χ4n) is 7.21. The number of alkyl halides is 2. The second-order valence-electron chi connectivity index (χ2n) is 10.3. The van der Waals surface area contributed by atoms with Crippen LogP contribution in [0.5, 0.6) is 0 Å². The Morgan fingerprint density at radius 2 is 1.75 bits per heavy atom. The summed E-state index contributed by atoms with van der Waals surface area (Å²) in [5.41, 5.74) is -2.31. The molecule has 0 aromatic heterocycles. The van der Waals surface area contributed by atoms with Gasteiger partial charge in [-0.3, -0.25) is 18.8 Å². The quantitative estimate of drug-likeness (QED) is 0.442. The molecule has 0 saturated heterocycles. The SMILES string of the molecule is CC.CCC(=O)O.CF.CSC(=O)C1[C@H](C)CC2C3CCC4=CC(=O)C=CC4(C)[C@@]3(F)C(O)CC21C. The maximum Gasteiger partial charge on any atom is 0.303 e. The molecule has 8 heteroatoms. The van der Waals surface area contributed by atoms with Crippen molar-refractivity contribution in [2.75, 3.05) is 13.4 Å². The summed E-state index contributed by atoms with van der Waals surface area (Å²) < 4.78 is 26.4. The van der Waals surface area contributed by atoms with Crippen molar-refractivity contribution in [3.8, 4) is 0 Å². The van der Waals surface area contributed by atoms with E-state index in [1.54, 1.807) is 19.1 Å². The molecule has 36 heavy (non-hydrogen) atoms. The molecule has 0 aromatic carbocycles. The zero-order valence-electron chi connectivity index (χ0n) is 22.9. The number of halogens is 2. The average molecular weight is 531 g/mol. The first kappa shape index (κ1) is 32.5. The normalized spacial score (nSPS) is 39.8. The summed E-state index contributed by atoms with van der Waals surface area (Å²) in [4.78, 5) is 33.9. The molecule has 206 valence electrons. The van der Waals surface area contributed by atoms with Crippen molar-refractivity contribution < 1.29 is 33.4 Å². The van der Waals surface area contributed by atoms with Crippen LogP contribution >= 0.6 is 11.8 Å². The summed E-state index contributed by atoms with van der Waals surface area (Å²) >= 11 is 1.26. The Bertz CT molecular complexity index is 874. The van der Waals surface area contributed by atoms with E-state index >= 15 is 4.39 Å². The van der Waals surface area contributed by atoms with E-state index in [-0.39, 0.29) is 46.4 Å². The molecule has 4 aliphatic rings. The van der Waals surface area contributed by atoms with E-state index < -0.39 is 23.2 Å². The lowest BCUT2D eigenvalue weighted by Crippen LogP contribution is -2.66. The van der Waals surface area contributed by atoms with E-state index in [2.05, 4.69) is 13.8 Å². The average Bonchev–Trinajstić information content (AvgIpc) is 3.12. The van der Waals surface area contributed by atoms with E-state index in [9.17, 15) is 23.9 Å². The molecule has 8 atom stereocenters. The van der Waals surface area contributed by atoms with Crippen LogP contribution in [0.1, 0.15) is 73.6 Å². The predicted octanol–water partition coefficient (Wildman–Crippen LogP) is 6.20. The zero-order chi connectivity index (χ0) is 28.1. The van der Waals surface area contributed by atoms with Crippen molar-refractivity contribution in [3.63, 3.8) is 0 Å². The van der Waals surface area contributed by atoms with Crippen molar-refractivity contribution >= 4 is 28.6 Å². The maximum absolute atomic E-state index is 16.9. The van der Waals surface area contributed by atoms with Gasteiger partial charge in [0.15, 0.2) is 16.6 Å². The molecule has 4 rings (SSSR count). The number of carbonyl (C=O) groups is 3. The van der Waals surface area contributed by atoms with Gasteiger partial charge in [0.1, 0.15) is 0 Å². The van der Waals surface area contributed by atoms with Crippen LogP contribution in [0.15, 0.2) is 23.8 Å². The molecule has 0 radical (unpaired) electrons. The second-order valence-corrected chi connectivity index (χ2v) is 11.1. The second kappa shape index (κ2) is 12.8. The Morgan fingerprint density at radius 3 is 2.25 bits per heavy atom. The van der Waals surface area contributed by atoms with Gasteiger partial charge in [0.25, 0.3) is 0 Å². The standard InChI is InChI=1S/C22H29FO3S.C3H6O2.C2H6.CH3F/c1-12-9-16-15-6-5-13-10-14(24)7-8-21(13,3)22(15,23)17(25)11-20(16,2)18(12)19(26)27-4;1-2-3(4)5;2*1-2/h7-8,10,12,15-18,25H,5-6,9,11H2,1-4H3;2H2,1H3,(H,4,5);1-2H3;1H3/t12-,15?,16?,17?,18?,20?,21?,22+;;;/m1.../s1. The van der Waals surface area contributed by atoms with Gasteiger partial charge in [0, 0.05) is 23.7 Å². The molecule has 0 aliphatic heterocycles. The van der Waals surface area contributed by atoms with Crippen LogP contribution in [0.4, 0.5) is 8.78 Å². The van der Waals surface area contributed by atoms with Crippen LogP contribution in [0.25, 0.3) is 0 Å². The van der Waals surface area contributed by atoms with Gasteiger partial charge in [-0.05, 0) is 68.3 Å². The molecule has 0 amide bonds. The summed E-state index contributed by atoms with van der Waals surface area (Å²) in [5.74, 6) is -1.00. The third-order valence-corrected chi connectivity index (χ3v) is 9.39. The molecule has 2 N–H and O–H groups in total. The zero-order valence-corrected chi connectivity index (χ0v) is 23.8. The Balaban J connectivity index is 0.000000634. The first-order chi connectivity index (χ1) is 16.9. The number of ketones is 1. The van der Waals surface area contributed by atoms with Crippen LogP contribution in [0.2, 0.25) is 0 Å². The van der Waals surface area contributed by atoms with E-state index in [1.165, 1.54) is 17.8 Å². The summed E-state index contributed by atoms with van der Waals surface area (Å²) in [5, 5.41) is 19.1. The number of thioether (sulfide) groups is 1. The van der Waals surface area contributed by atoms with Gasteiger partial charge in [0.05, 0.1) is 13.3 Å². The number of carbonyl (C=O) groups excluding carboxylic acids is 2. The Morgan fingerprint density at radius 1 is 1.19 bits per heavy atom. The van der Waals surface area contributed by atoms with Crippen LogP contribution in [0, 0.1) is 34.5 Å². The van der Waals surface area contributed by atoms with Crippen molar-refractivity contribution in [1.82, 2.24) is 0 Å². The maximum atomic E-state index is 16.9. The van der Waals surface area contributed by atoms with E-state index in [1.807, 2.05) is 27.0 Å². The smallest absolute Gasteiger partial charge is 0.303 e. The first-order valence-electron chi connectivity index (χ1n) is 12.8. The van der Waals surface area contributed by atoms with Gasteiger partial charge in [0.2, 0.25) is 0 Å². The predicted molar refractivity (Wildman–Crippen MR) is 141 cm³/mol. The molecule has 0 heterocycles. The highest BCUT2D eigenvalue weighted by Crippen LogP contribution is 2.70. The summed E-state index contributed by atoms with van der Waals surface area (Å²) in [6, 6.07) is 0. The van der Waals surface area contributed by atoms with Crippen molar-refractivity contribution in [1.29, 1.82) is 0 Å². The fraction of sp³-hybridized carbons (Fsp3) is 0.750. The van der Waals surface area contributed by atoms with Crippen LogP contribution in [-0.4, -0.2) is 52.3 Å². The van der Waals surface area contributed by atoms with E-state index in [0.717, 1.165) is 12.0 Å². The number of carboxylic acids is 1. The Labute approximate surface area is 219 Å². The highest BCUT2D eigenvalue weighted by atomic mass is 32.2. The fourth-order valence-corrected chi connectivity index (χ4v) is 7.96. The Kier molecular flexibility index (Phi) is 11.6. The molecule has 0 aromatic rings. The van der Waals surface area contributed by atoms with Crippen LogP contribution in [-0.2, 0) is 14.4 Å². The lowest BCUT2D eigenvalue weighted by molar-refractivity contribution is -0.194. The molecule has 6 unspecified atom stereocenters. The minimum atomic E-state index is -1.80. The van der Waals surface area contributed by atoms with Crippen molar-refractivity contribution in [3.05, 3.63) is 23.8 Å². The van der Waals surface area contributed by atoms with Crippen molar-refractivity contribution in [2.45, 2.75) is 85.4 Å². The van der Waals surface area contributed by atoms with Crippen LogP contribution in [0.3, 0.4) is 0 Å². The third-order valence-electron chi connectivity index (χ3n) is 8.74. The van der Waals surface area contributed by atoms with Gasteiger partial charge in [-0.2, -0.15) is 0 Å². The highest BCUT2D eigenvalue weighted by molar-refractivity contribution is 8.13. The number of hydrogen-bond donors (Lipinski definition) is 2. The molecule has 5 nitrogen and oxygen atoms in total. The number of carboxylic acid groups (broad SMARTS) is 1. The minimum Gasteiger partial charge on any atom is -0.481 e. The lowest BCUT2D eigenvalue weighted by Gasteiger charge is -2.61. The number of rotatable bonds is 2. The van der Waals surface area contributed by atoms with Gasteiger partial charge >= 0.3 is 5.97 Å². The molecular formula is C28H44F2O5S. The van der Waals surface area contributed by atoms with Gasteiger partial charge in [-0.15, -0.1) is 0 Å². The van der Waals surface area contributed by atoms with Crippen molar-refractivity contribution in [2.24, 2.45) is 34.5 Å². The van der Waals surface area contributed by atoms with Gasteiger partial charge in [-0.25, -0.2) is 4.39 Å². The van der Waals surface area contributed by atoms with Gasteiger partial charge in [-0.1, -0.05) is 58.0 Å². The monoisotopic (exact) mass is 530 g/mol. The molecule has 0 spiro atoms. The Hall–Kier alpha value is -1.54.